The van der Waals surface area contributed by atoms with Crippen LogP contribution in [0.5, 0.6) is 11.5 Å². The molecule has 0 saturated heterocycles. The van der Waals surface area contributed by atoms with Gasteiger partial charge in [-0.05, 0) is 29.9 Å². The Morgan fingerprint density at radius 1 is 1.04 bits per heavy atom. The van der Waals surface area contributed by atoms with Crippen LogP contribution in [0.15, 0.2) is 24.3 Å². The smallest absolute Gasteiger partial charge is 0.333 e. The normalized spacial score (nSPS) is 12.0. The second-order valence-electron chi connectivity index (χ2n) is 8.13. The lowest BCUT2D eigenvalue weighted by Crippen LogP contribution is -2.18. The summed E-state index contributed by atoms with van der Waals surface area (Å²) >= 11 is 0. The summed E-state index contributed by atoms with van der Waals surface area (Å²) in [6.07, 6.45) is 0. The zero-order valence-corrected chi connectivity index (χ0v) is 15.9. The zero-order valence-electron chi connectivity index (χ0n) is 15.9. The number of aromatic hydroxyl groups is 1. The summed E-state index contributed by atoms with van der Waals surface area (Å²) in [5, 5.41) is 10.7. The van der Waals surface area contributed by atoms with Gasteiger partial charge in [0.2, 0.25) is 0 Å². The molecule has 0 spiro atoms. The highest BCUT2D eigenvalue weighted by Gasteiger charge is 2.26. The molecule has 4 heteroatoms. The predicted octanol–water partition coefficient (Wildman–Crippen LogP) is 4.49. The van der Waals surface area contributed by atoms with Gasteiger partial charge < -0.3 is 14.6 Å². The average Bonchev–Trinajstić information content (AvgIpc) is 2.41. The Morgan fingerprint density at radius 3 is 1.88 bits per heavy atom. The molecule has 0 amide bonds. The van der Waals surface area contributed by atoms with Gasteiger partial charge in [0.05, 0.1) is 0 Å². The lowest BCUT2D eigenvalue weighted by molar-refractivity contribution is -0.139. The standard InChI is InChI=1S/C20H30O4/c1-13(2)18(22)24-10-9-23-14-11-15(19(3,4)5)17(21)16(12-14)20(6,7)8/h11-12,21H,1,9-10H2,2-8H3. The molecule has 0 aliphatic heterocycles. The molecule has 1 N–H and O–H groups in total. The maximum absolute atomic E-state index is 11.4. The highest BCUT2D eigenvalue weighted by Crippen LogP contribution is 2.41. The maximum atomic E-state index is 11.4. The molecule has 0 saturated carbocycles. The van der Waals surface area contributed by atoms with Crippen LogP contribution in [0.25, 0.3) is 0 Å². The van der Waals surface area contributed by atoms with Crippen molar-refractivity contribution in [3.8, 4) is 11.5 Å². The second-order valence-corrected chi connectivity index (χ2v) is 8.13. The monoisotopic (exact) mass is 334 g/mol. The van der Waals surface area contributed by atoms with Gasteiger partial charge in [0.1, 0.15) is 24.7 Å². The Balaban J connectivity index is 2.99. The molecule has 1 rings (SSSR count). The van der Waals surface area contributed by atoms with E-state index in [2.05, 4.69) is 6.58 Å². The zero-order chi connectivity index (χ0) is 18.7. The van der Waals surface area contributed by atoms with Crippen LogP contribution in [0.4, 0.5) is 0 Å². The summed E-state index contributed by atoms with van der Waals surface area (Å²) in [6.45, 7) is 17.8. The third kappa shape index (κ3) is 5.29. The van der Waals surface area contributed by atoms with Crippen molar-refractivity contribution >= 4 is 5.97 Å². The van der Waals surface area contributed by atoms with Crippen molar-refractivity contribution in [2.75, 3.05) is 13.2 Å². The fraction of sp³-hybridized carbons (Fsp3) is 0.550. The molecule has 0 unspecified atom stereocenters. The molecule has 1 aromatic rings. The van der Waals surface area contributed by atoms with Crippen LogP contribution in [0.3, 0.4) is 0 Å². The molecular weight excluding hydrogens is 304 g/mol. The lowest BCUT2D eigenvalue weighted by atomic mass is 9.79. The number of carbonyl (C=O) groups is 1. The van der Waals surface area contributed by atoms with Gasteiger partial charge in [0, 0.05) is 16.7 Å². The van der Waals surface area contributed by atoms with Gasteiger partial charge >= 0.3 is 5.97 Å². The Hall–Kier alpha value is -1.97. The van der Waals surface area contributed by atoms with E-state index in [1.165, 1.54) is 0 Å². The SMILES string of the molecule is C=C(C)C(=O)OCCOc1cc(C(C)(C)C)c(O)c(C(C)(C)C)c1. The van der Waals surface area contributed by atoms with Crippen molar-refractivity contribution in [1.29, 1.82) is 0 Å². The van der Waals surface area contributed by atoms with E-state index < -0.39 is 5.97 Å². The van der Waals surface area contributed by atoms with Crippen LogP contribution < -0.4 is 4.74 Å². The van der Waals surface area contributed by atoms with E-state index in [-0.39, 0.29) is 24.0 Å². The van der Waals surface area contributed by atoms with E-state index in [0.29, 0.717) is 17.1 Å². The lowest BCUT2D eigenvalue weighted by Gasteiger charge is -2.28. The number of phenolic OH excluding ortho intramolecular Hbond substituents is 1. The van der Waals surface area contributed by atoms with Crippen LogP contribution in [-0.4, -0.2) is 24.3 Å². The topological polar surface area (TPSA) is 55.8 Å². The van der Waals surface area contributed by atoms with E-state index in [1.54, 1.807) is 6.92 Å². The molecular formula is C20H30O4. The highest BCUT2D eigenvalue weighted by atomic mass is 16.6. The molecule has 1 aromatic carbocycles. The molecule has 0 radical (unpaired) electrons. The number of phenols is 1. The first-order valence-electron chi connectivity index (χ1n) is 8.17. The first-order valence-corrected chi connectivity index (χ1v) is 8.17. The minimum absolute atomic E-state index is 0.155. The summed E-state index contributed by atoms with van der Waals surface area (Å²) < 4.78 is 10.8. The van der Waals surface area contributed by atoms with Crippen molar-refractivity contribution in [2.45, 2.75) is 59.3 Å². The molecule has 4 nitrogen and oxygen atoms in total. The quantitative estimate of drug-likeness (QED) is 0.490. The third-order valence-electron chi connectivity index (χ3n) is 3.63. The van der Waals surface area contributed by atoms with Crippen molar-refractivity contribution in [3.05, 3.63) is 35.4 Å². The largest absolute Gasteiger partial charge is 0.507 e. The fourth-order valence-electron chi connectivity index (χ4n) is 2.25. The van der Waals surface area contributed by atoms with E-state index in [0.717, 1.165) is 11.1 Å². The summed E-state index contributed by atoms with van der Waals surface area (Å²) in [5.41, 5.74) is 1.61. The number of ether oxygens (including phenoxy) is 2. The van der Waals surface area contributed by atoms with Gasteiger partial charge in [-0.1, -0.05) is 48.1 Å². The maximum Gasteiger partial charge on any atom is 0.333 e. The number of carbonyl (C=O) groups excluding carboxylic acids is 1. The molecule has 0 fully saturated rings. The van der Waals surface area contributed by atoms with Gasteiger partial charge in [0.25, 0.3) is 0 Å². The summed E-state index contributed by atoms with van der Waals surface area (Å²) in [5.74, 6) is 0.556. The number of rotatable bonds is 5. The number of esters is 1. The minimum Gasteiger partial charge on any atom is -0.507 e. The van der Waals surface area contributed by atoms with Crippen LogP contribution in [-0.2, 0) is 20.4 Å². The number of benzene rings is 1. The molecule has 0 atom stereocenters. The molecule has 0 heterocycles. The van der Waals surface area contributed by atoms with Crippen LogP contribution in [0.1, 0.15) is 59.6 Å². The second kappa shape index (κ2) is 7.29. The summed E-state index contributed by atoms with van der Waals surface area (Å²) in [7, 11) is 0. The van der Waals surface area contributed by atoms with Gasteiger partial charge in [-0.15, -0.1) is 0 Å². The van der Waals surface area contributed by atoms with Crippen molar-refractivity contribution in [3.63, 3.8) is 0 Å². The average molecular weight is 334 g/mol. The first kappa shape index (κ1) is 20.1. The Morgan fingerprint density at radius 2 is 1.50 bits per heavy atom. The highest BCUT2D eigenvalue weighted by molar-refractivity contribution is 5.86. The van der Waals surface area contributed by atoms with Gasteiger partial charge in [-0.2, -0.15) is 0 Å². The van der Waals surface area contributed by atoms with Crippen molar-refractivity contribution < 1.29 is 19.4 Å². The number of hydrogen-bond donors (Lipinski definition) is 1. The Kier molecular flexibility index (Phi) is 6.09. The van der Waals surface area contributed by atoms with E-state index in [4.69, 9.17) is 9.47 Å². The Bertz CT molecular complexity index is 581. The fourth-order valence-corrected chi connectivity index (χ4v) is 2.25. The minimum atomic E-state index is -0.421. The predicted molar refractivity (Wildman–Crippen MR) is 96.8 cm³/mol. The van der Waals surface area contributed by atoms with Gasteiger partial charge in [-0.25, -0.2) is 4.79 Å². The molecule has 0 aromatic heterocycles. The molecule has 0 aliphatic rings. The summed E-state index contributed by atoms with van der Waals surface area (Å²) in [6, 6.07) is 3.70. The number of hydrogen-bond acceptors (Lipinski definition) is 4. The van der Waals surface area contributed by atoms with Crippen LogP contribution in [0, 0.1) is 0 Å². The van der Waals surface area contributed by atoms with Gasteiger partial charge in [0.15, 0.2) is 0 Å². The van der Waals surface area contributed by atoms with E-state index in [9.17, 15) is 9.90 Å². The van der Waals surface area contributed by atoms with Crippen LogP contribution in [0.2, 0.25) is 0 Å². The van der Waals surface area contributed by atoms with E-state index >= 15 is 0 Å². The van der Waals surface area contributed by atoms with Crippen LogP contribution >= 0.6 is 0 Å². The molecule has 0 bridgehead atoms. The molecule has 0 aliphatic carbocycles. The van der Waals surface area contributed by atoms with Gasteiger partial charge in [-0.3, -0.25) is 0 Å². The first-order chi connectivity index (χ1) is 10.8. The van der Waals surface area contributed by atoms with E-state index in [1.807, 2.05) is 53.7 Å². The Labute approximate surface area is 145 Å². The molecule has 24 heavy (non-hydrogen) atoms. The third-order valence-corrected chi connectivity index (χ3v) is 3.63. The molecule has 134 valence electrons. The van der Waals surface area contributed by atoms with Crippen molar-refractivity contribution in [2.24, 2.45) is 0 Å². The summed E-state index contributed by atoms with van der Waals surface area (Å²) in [4.78, 5) is 11.4. The van der Waals surface area contributed by atoms with Crippen molar-refractivity contribution in [1.82, 2.24) is 0 Å².